The fourth-order valence-corrected chi connectivity index (χ4v) is 2.31. The first kappa shape index (κ1) is 18.0. The third-order valence-corrected chi connectivity index (χ3v) is 3.85. The van der Waals surface area contributed by atoms with Crippen LogP contribution in [0.2, 0.25) is 0 Å². The molecular weight excluding hydrogens is 262 g/mol. The Balaban J connectivity index is 2.24. The van der Waals surface area contributed by atoms with Crippen molar-refractivity contribution in [2.75, 3.05) is 19.8 Å². The van der Waals surface area contributed by atoms with Crippen LogP contribution in [-0.2, 0) is 6.42 Å². The highest BCUT2D eigenvalue weighted by molar-refractivity contribution is 5.28. The molecule has 0 aromatic heterocycles. The van der Waals surface area contributed by atoms with E-state index in [1.165, 1.54) is 5.56 Å². The van der Waals surface area contributed by atoms with E-state index >= 15 is 0 Å². The first-order valence-corrected chi connectivity index (χ1v) is 8.21. The van der Waals surface area contributed by atoms with Gasteiger partial charge >= 0.3 is 0 Å². The van der Waals surface area contributed by atoms with Crippen LogP contribution in [0.25, 0.3) is 0 Å². The predicted molar refractivity (Wildman–Crippen MR) is 89.0 cm³/mol. The third-order valence-electron chi connectivity index (χ3n) is 3.85. The standard InChI is InChI=1S/C18H31NO2/c1-4-12-19-18(3,15-20)11-6-7-13-21-17-10-8-9-16(5-2)14-17/h8-10,14,19-20H,4-7,11-13,15H2,1-3H3. The number of hydrogen-bond donors (Lipinski definition) is 2. The molecule has 0 spiro atoms. The second kappa shape index (κ2) is 9.80. The maximum Gasteiger partial charge on any atom is 0.119 e. The molecule has 0 saturated carbocycles. The molecule has 0 saturated heterocycles. The summed E-state index contributed by atoms with van der Waals surface area (Å²) in [5, 5.41) is 12.9. The number of benzene rings is 1. The van der Waals surface area contributed by atoms with Gasteiger partial charge in [0.05, 0.1) is 13.2 Å². The zero-order valence-electron chi connectivity index (χ0n) is 13.8. The SMILES string of the molecule is CCCNC(C)(CO)CCCCOc1cccc(CC)c1. The molecule has 1 rings (SSSR count). The van der Waals surface area contributed by atoms with Gasteiger partial charge in [0, 0.05) is 5.54 Å². The molecule has 0 fully saturated rings. The summed E-state index contributed by atoms with van der Waals surface area (Å²) < 4.78 is 5.80. The van der Waals surface area contributed by atoms with Crippen molar-refractivity contribution in [2.24, 2.45) is 0 Å². The van der Waals surface area contributed by atoms with Crippen molar-refractivity contribution >= 4 is 0 Å². The van der Waals surface area contributed by atoms with Gasteiger partial charge < -0.3 is 15.2 Å². The highest BCUT2D eigenvalue weighted by atomic mass is 16.5. The highest BCUT2D eigenvalue weighted by Gasteiger charge is 2.21. The lowest BCUT2D eigenvalue weighted by Crippen LogP contribution is -2.46. The fourth-order valence-electron chi connectivity index (χ4n) is 2.31. The van der Waals surface area contributed by atoms with Gasteiger partial charge in [0.15, 0.2) is 0 Å². The van der Waals surface area contributed by atoms with Crippen molar-refractivity contribution in [3.05, 3.63) is 29.8 Å². The van der Waals surface area contributed by atoms with Crippen LogP contribution < -0.4 is 10.1 Å². The summed E-state index contributed by atoms with van der Waals surface area (Å²) in [6, 6.07) is 8.30. The molecule has 1 aromatic carbocycles. The number of hydrogen-bond acceptors (Lipinski definition) is 3. The minimum atomic E-state index is -0.155. The second-order valence-corrected chi connectivity index (χ2v) is 5.95. The molecule has 0 aliphatic heterocycles. The number of nitrogens with one attached hydrogen (secondary N) is 1. The van der Waals surface area contributed by atoms with Gasteiger partial charge in [0.1, 0.15) is 5.75 Å². The van der Waals surface area contributed by atoms with E-state index in [1.807, 2.05) is 12.1 Å². The Morgan fingerprint density at radius 1 is 1.24 bits per heavy atom. The Hall–Kier alpha value is -1.06. The lowest BCUT2D eigenvalue weighted by Gasteiger charge is -2.28. The predicted octanol–water partition coefficient (Wildman–Crippen LogP) is 3.55. The largest absolute Gasteiger partial charge is 0.494 e. The van der Waals surface area contributed by atoms with Crippen LogP contribution in [0.1, 0.15) is 52.0 Å². The topological polar surface area (TPSA) is 41.5 Å². The van der Waals surface area contributed by atoms with E-state index < -0.39 is 0 Å². The fraction of sp³-hybridized carbons (Fsp3) is 0.667. The van der Waals surface area contributed by atoms with Crippen LogP contribution in [0.15, 0.2) is 24.3 Å². The maximum atomic E-state index is 9.51. The summed E-state index contributed by atoms with van der Waals surface area (Å²) in [6.07, 6.45) is 5.17. The van der Waals surface area contributed by atoms with E-state index in [0.717, 1.165) is 51.0 Å². The molecule has 21 heavy (non-hydrogen) atoms. The van der Waals surface area contributed by atoms with E-state index in [2.05, 4.69) is 38.2 Å². The van der Waals surface area contributed by atoms with E-state index in [-0.39, 0.29) is 12.1 Å². The van der Waals surface area contributed by atoms with Crippen molar-refractivity contribution in [3.63, 3.8) is 0 Å². The van der Waals surface area contributed by atoms with Gasteiger partial charge in [0.2, 0.25) is 0 Å². The molecule has 120 valence electrons. The number of aryl methyl sites for hydroxylation is 1. The number of aliphatic hydroxyl groups is 1. The molecule has 2 N–H and O–H groups in total. The van der Waals surface area contributed by atoms with Crippen molar-refractivity contribution in [2.45, 2.75) is 58.4 Å². The zero-order chi connectivity index (χ0) is 15.6. The van der Waals surface area contributed by atoms with Gasteiger partial charge in [-0.15, -0.1) is 0 Å². The normalized spacial score (nSPS) is 13.9. The van der Waals surface area contributed by atoms with Crippen LogP contribution in [-0.4, -0.2) is 30.4 Å². The van der Waals surface area contributed by atoms with E-state index in [4.69, 9.17) is 4.74 Å². The molecule has 0 heterocycles. The van der Waals surface area contributed by atoms with Gasteiger partial charge in [-0.25, -0.2) is 0 Å². The summed E-state index contributed by atoms with van der Waals surface area (Å²) in [4.78, 5) is 0. The van der Waals surface area contributed by atoms with E-state index in [1.54, 1.807) is 0 Å². The van der Waals surface area contributed by atoms with Crippen molar-refractivity contribution in [3.8, 4) is 5.75 Å². The first-order valence-electron chi connectivity index (χ1n) is 8.21. The molecule has 3 heteroatoms. The molecule has 0 aliphatic carbocycles. The summed E-state index contributed by atoms with van der Waals surface area (Å²) >= 11 is 0. The minimum absolute atomic E-state index is 0.155. The summed E-state index contributed by atoms with van der Waals surface area (Å²) in [5.41, 5.74) is 1.15. The summed E-state index contributed by atoms with van der Waals surface area (Å²) in [5.74, 6) is 0.961. The molecule has 0 aliphatic rings. The summed E-state index contributed by atoms with van der Waals surface area (Å²) in [6.45, 7) is 8.27. The van der Waals surface area contributed by atoms with Gasteiger partial charge in [0.25, 0.3) is 0 Å². The Kier molecular flexibility index (Phi) is 8.40. The first-order chi connectivity index (χ1) is 10.1. The van der Waals surface area contributed by atoms with Crippen LogP contribution >= 0.6 is 0 Å². The molecule has 0 amide bonds. The monoisotopic (exact) mass is 293 g/mol. The smallest absolute Gasteiger partial charge is 0.119 e. The lowest BCUT2D eigenvalue weighted by molar-refractivity contribution is 0.160. The number of rotatable bonds is 11. The second-order valence-electron chi connectivity index (χ2n) is 5.95. The Morgan fingerprint density at radius 3 is 2.71 bits per heavy atom. The van der Waals surface area contributed by atoms with Gasteiger partial charge in [-0.2, -0.15) is 0 Å². The van der Waals surface area contributed by atoms with Crippen molar-refractivity contribution < 1.29 is 9.84 Å². The Morgan fingerprint density at radius 2 is 2.05 bits per heavy atom. The van der Waals surface area contributed by atoms with Gasteiger partial charge in [-0.1, -0.05) is 26.0 Å². The van der Waals surface area contributed by atoms with E-state index in [9.17, 15) is 5.11 Å². The average Bonchev–Trinajstić information content (AvgIpc) is 2.53. The minimum Gasteiger partial charge on any atom is -0.494 e. The molecule has 0 radical (unpaired) electrons. The van der Waals surface area contributed by atoms with Crippen LogP contribution in [0.4, 0.5) is 0 Å². The molecule has 1 aromatic rings. The quantitative estimate of drug-likeness (QED) is 0.613. The van der Waals surface area contributed by atoms with Crippen LogP contribution in [0.5, 0.6) is 5.75 Å². The molecule has 3 nitrogen and oxygen atoms in total. The Labute approximate surface area is 129 Å². The van der Waals surface area contributed by atoms with Crippen molar-refractivity contribution in [1.82, 2.24) is 5.32 Å². The van der Waals surface area contributed by atoms with Crippen LogP contribution in [0, 0.1) is 0 Å². The third kappa shape index (κ3) is 6.96. The number of unbranched alkanes of at least 4 members (excludes halogenated alkanes) is 1. The Bertz CT molecular complexity index is 395. The van der Waals surface area contributed by atoms with Gasteiger partial charge in [-0.3, -0.25) is 0 Å². The van der Waals surface area contributed by atoms with Gasteiger partial charge in [-0.05, 0) is 63.3 Å². The molecule has 1 atom stereocenters. The maximum absolute atomic E-state index is 9.51. The zero-order valence-corrected chi connectivity index (χ0v) is 13.8. The highest BCUT2D eigenvalue weighted by Crippen LogP contribution is 2.16. The average molecular weight is 293 g/mol. The molecule has 0 bridgehead atoms. The van der Waals surface area contributed by atoms with Crippen LogP contribution in [0.3, 0.4) is 0 Å². The van der Waals surface area contributed by atoms with Crippen molar-refractivity contribution in [1.29, 1.82) is 0 Å². The summed E-state index contributed by atoms with van der Waals surface area (Å²) in [7, 11) is 0. The number of aliphatic hydroxyl groups excluding tert-OH is 1. The lowest BCUT2D eigenvalue weighted by atomic mass is 9.95. The molecular formula is C18H31NO2. The molecule has 1 unspecified atom stereocenters. The number of ether oxygens (including phenoxy) is 1. The van der Waals surface area contributed by atoms with E-state index in [0.29, 0.717) is 0 Å².